The molecule has 0 aliphatic heterocycles. The third-order valence-electron chi connectivity index (χ3n) is 4.09. The number of rotatable bonds is 6. The molecule has 2 aromatic carbocycles. The van der Waals surface area contributed by atoms with Gasteiger partial charge in [0.25, 0.3) is 5.91 Å². The van der Waals surface area contributed by atoms with Crippen LogP contribution >= 0.6 is 27.7 Å². The number of likely N-dealkylation sites (N-methyl/N-ethyl adjacent to an activating group) is 1. The lowest BCUT2D eigenvalue weighted by atomic mass is 10.3. The first-order valence-electron chi connectivity index (χ1n) is 8.58. The number of nitrogens with zero attached hydrogens (tertiary/aromatic N) is 3. The quantitative estimate of drug-likeness (QED) is 0.541. The summed E-state index contributed by atoms with van der Waals surface area (Å²) in [5.74, 6) is -1.07. The van der Waals surface area contributed by atoms with Crippen molar-refractivity contribution in [2.24, 2.45) is 0 Å². The molecule has 0 aliphatic carbocycles. The number of anilines is 1. The molecule has 0 radical (unpaired) electrons. The Morgan fingerprint density at radius 2 is 1.90 bits per heavy atom. The number of hydrogen-bond acceptors (Lipinski definition) is 4. The number of para-hydroxylation sites is 1. The number of amides is 2. The zero-order valence-electron chi connectivity index (χ0n) is 15.7. The first-order valence-corrected chi connectivity index (χ1v) is 10.6. The predicted molar refractivity (Wildman–Crippen MR) is 115 cm³/mol. The lowest BCUT2D eigenvalue weighted by Gasteiger charge is -2.18. The second kappa shape index (κ2) is 9.23. The van der Waals surface area contributed by atoms with E-state index in [4.69, 9.17) is 0 Å². The molecular weight excluding hydrogens is 459 g/mol. The minimum absolute atomic E-state index is 0.136. The zero-order valence-corrected chi connectivity index (χ0v) is 18.1. The summed E-state index contributed by atoms with van der Waals surface area (Å²) in [5, 5.41) is 3.36. The first kappa shape index (κ1) is 21.1. The lowest BCUT2D eigenvalue weighted by Crippen LogP contribution is -2.35. The molecule has 0 unspecified atom stereocenters. The van der Waals surface area contributed by atoms with E-state index in [0.717, 1.165) is 4.47 Å². The van der Waals surface area contributed by atoms with Crippen LogP contribution in [0.15, 0.2) is 64.4 Å². The Morgan fingerprint density at radius 1 is 1.21 bits per heavy atom. The Kier molecular flexibility index (Phi) is 6.71. The van der Waals surface area contributed by atoms with Crippen LogP contribution in [0.4, 0.5) is 10.1 Å². The number of nitrogens with one attached hydrogen (secondary N) is 1. The second-order valence-corrected chi connectivity index (χ2v) is 7.76. The van der Waals surface area contributed by atoms with Gasteiger partial charge in [-0.1, -0.05) is 23.9 Å². The molecule has 0 saturated heterocycles. The minimum atomic E-state index is -0.371. The van der Waals surface area contributed by atoms with Gasteiger partial charge in [-0.2, -0.15) is 0 Å². The third-order valence-corrected chi connectivity index (χ3v) is 5.44. The molecule has 1 N–H and O–H groups in total. The summed E-state index contributed by atoms with van der Waals surface area (Å²) in [6.45, 7) is -0.136. The highest BCUT2D eigenvalue weighted by Crippen LogP contribution is 2.23. The van der Waals surface area contributed by atoms with Crippen LogP contribution in [-0.2, 0) is 4.79 Å². The predicted octanol–water partition coefficient (Wildman–Crippen LogP) is 4.21. The van der Waals surface area contributed by atoms with E-state index in [0.29, 0.717) is 16.5 Å². The van der Waals surface area contributed by atoms with Crippen LogP contribution in [0, 0.1) is 5.82 Å². The Bertz CT molecular complexity index is 1040. The summed E-state index contributed by atoms with van der Waals surface area (Å²) in [7, 11) is 1.54. The number of thioether (sulfide) groups is 1. The van der Waals surface area contributed by atoms with Crippen LogP contribution < -0.4 is 5.32 Å². The Labute approximate surface area is 180 Å². The van der Waals surface area contributed by atoms with E-state index >= 15 is 0 Å². The SMILES string of the molecule is CSc1ncc(C(=O)N(C)CC(=O)Nc2ccccc2Br)n1-c1ccc(F)cc1. The smallest absolute Gasteiger partial charge is 0.272 e. The largest absolute Gasteiger partial charge is 0.331 e. The van der Waals surface area contributed by atoms with Crippen molar-refractivity contribution in [1.29, 1.82) is 0 Å². The second-order valence-electron chi connectivity index (χ2n) is 6.13. The molecule has 3 aromatic rings. The number of carbonyl (C=O) groups is 2. The van der Waals surface area contributed by atoms with Crippen LogP contribution in [0.25, 0.3) is 5.69 Å². The number of benzene rings is 2. The number of carbonyl (C=O) groups excluding carboxylic acids is 2. The third kappa shape index (κ3) is 4.86. The van der Waals surface area contributed by atoms with E-state index in [9.17, 15) is 14.0 Å². The maximum absolute atomic E-state index is 13.3. The highest BCUT2D eigenvalue weighted by Gasteiger charge is 2.22. The number of imidazole rings is 1. The maximum atomic E-state index is 13.3. The molecule has 1 aromatic heterocycles. The van der Waals surface area contributed by atoms with Crippen molar-refractivity contribution < 1.29 is 14.0 Å². The van der Waals surface area contributed by atoms with Crippen LogP contribution in [0.3, 0.4) is 0 Å². The molecule has 6 nitrogen and oxygen atoms in total. The summed E-state index contributed by atoms with van der Waals surface area (Å²) in [5.41, 5.74) is 1.53. The Hall–Kier alpha value is -2.65. The molecule has 9 heteroatoms. The molecule has 0 saturated carbocycles. The van der Waals surface area contributed by atoms with E-state index < -0.39 is 0 Å². The van der Waals surface area contributed by atoms with E-state index in [1.807, 2.05) is 18.4 Å². The van der Waals surface area contributed by atoms with Gasteiger partial charge in [0.1, 0.15) is 11.5 Å². The standard InChI is InChI=1S/C20H18BrFN4O2S/c1-25(12-18(27)24-16-6-4-3-5-15(16)21)19(28)17-11-23-20(29-2)26(17)14-9-7-13(22)8-10-14/h3-11H,12H2,1-2H3,(H,24,27). The highest BCUT2D eigenvalue weighted by atomic mass is 79.9. The average molecular weight is 477 g/mol. The van der Waals surface area contributed by atoms with Crippen molar-refractivity contribution in [1.82, 2.24) is 14.5 Å². The lowest BCUT2D eigenvalue weighted by molar-refractivity contribution is -0.116. The van der Waals surface area contributed by atoms with E-state index in [1.54, 1.807) is 35.9 Å². The highest BCUT2D eigenvalue weighted by molar-refractivity contribution is 9.10. The number of hydrogen-bond donors (Lipinski definition) is 1. The van der Waals surface area contributed by atoms with Crippen LogP contribution in [-0.4, -0.2) is 46.1 Å². The molecule has 3 rings (SSSR count). The van der Waals surface area contributed by atoms with Crippen LogP contribution in [0.1, 0.15) is 10.5 Å². The van der Waals surface area contributed by atoms with Gasteiger partial charge >= 0.3 is 0 Å². The summed E-state index contributed by atoms with van der Waals surface area (Å²) in [6, 6.07) is 13.0. The first-order chi connectivity index (χ1) is 13.9. The van der Waals surface area contributed by atoms with E-state index in [-0.39, 0.29) is 29.9 Å². The van der Waals surface area contributed by atoms with Crippen molar-refractivity contribution in [3.63, 3.8) is 0 Å². The molecule has 0 spiro atoms. The fraction of sp³-hybridized carbons (Fsp3) is 0.150. The van der Waals surface area contributed by atoms with Gasteiger partial charge < -0.3 is 10.2 Å². The molecule has 0 atom stereocenters. The van der Waals surface area contributed by atoms with Crippen molar-refractivity contribution in [2.45, 2.75) is 5.16 Å². The van der Waals surface area contributed by atoms with Gasteiger partial charge in [-0.05, 0) is 58.6 Å². The van der Waals surface area contributed by atoms with Gasteiger partial charge in [-0.3, -0.25) is 14.2 Å². The summed E-state index contributed by atoms with van der Waals surface area (Å²) < 4.78 is 15.7. The number of aromatic nitrogens is 2. The molecule has 29 heavy (non-hydrogen) atoms. The van der Waals surface area contributed by atoms with E-state index in [1.165, 1.54) is 35.0 Å². The molecule has 1 heterocycles. The molecule has 0 aliphatic rings. The van der Waals surface area contributed by atoms with Crippen LogP contribution in [0.5, 0.6) is 0 Å². The van der Waals surface area contributed by atoms with Crippen molar-refractivity contribution in [2.75, 3.05) is 25.2 Å². The van der Waals surface area contributed by atoms with Gasteiger partial charge in [0.05, 0.1) is 18.4 Å². The van der Waals surface area contributed by atoms with Crippen molar-refractivity contribution >= 4 is 45.2 Å². The summed E-state index contributed by atoms with van der Waals surface area (Å²) >= 11 is 4.74. The molecule has 150 valence electrons. The maximum Gasteiger partial charge on any atom is 0.272 e. The van der Waals surface area contributed by atoms with Crippen molar-refractivity contribution in [3.8, 4) is 5.69 Å². The molecule has 0 fully saturated rings. The summed E-state index contributed by atoms with van der Waals surface area (Å²) in [4.78, 5) is 30.9. The molecular formula is C20H18BrFN4O2S. The van der Waals surface area contributed by atoms with Crippen LogP contribution in [0.2, 0.25) is 0 Å². The van der Waals surface area contributed by atoms with Crippen molar-refractivity contribution in [3.05, 3.63) is 70.7 Å². The number of halogens is 2. The van der Waals surface area contributed by atoms with Gasteiger partial charge in [-0.15, -0.1) is 0 Å². The van der Waals surface area contributed by atoms with E-state index in [2.05, 4.69) is 26.2 Å². The Balaban J connectivity index is 1.79. The van der Waals surface area contributed by atoms with Gasteiger partial charge in [0.15, 0.2) is 5.16 Å². The fourth-order valence-corrected chi connectivity index (χ4v) is 3.63. The molecule has 2 amide bonds. The zero-order chi connectivity index (χ0) is 21.0. The normalized spacial score (nSPS) is 10.6. The van der Waals surface area contributed by atoms with Gasteiger partial charge in [0, 0.05) is 17.2 Å². The van der Waals surface area contributed by atoms with Gasteiger partial charge in [0.2, 0.25) is 5.91 Å². The fourth-order valence-electron chi connectivity index (χ4n) is 2.70. The minimum Gasteiger partial charge on any atom is -0.331 e. The Morgan fingerprint density at radius 3 is 2.55 bits per heavy atom. The summed E-state index contributed by atoms with van der Waals surface area (Å²) in [6.07, 6.45) is 3.30. The topological polar surface area (TPSA) is 67.2 Å². The average Bonchev–Trinajstić information content (AvgIpc) is 3.13. The van der Waals surface area contributed by atoms with Gasteiger partial charge in [-0.25, -0.2) is 9.37 Å². The monoisotopic (exact) mass is 476 g/mol. The molecule has 0 bridgehead atoms.